The molecule has 2 aromatic rings. The lowest BCUT2D eigenvalue weighted by Gasteiger charge is -2.39. The van der Waals surface area contributed by atoms with Gasteiger partial charge in [0.2, 0.25) is 5.91 Å². The Morgan fingerprint density at radius 3 is 2.50 bits per heavy atom. The van der Waals surface area contributed by atoms with E-state index in [-0.39, 0.29) is 5.91 Å². The summed E-state index contributed by atoms with van der Waals surface area (Å²) in [6.07, 6.45) is 3.88. The molecule has 136 valence electrons. The molecule has 0 bridgehead atoms. The number of carbonyl (C=O) groups is 2. The highest BCUT2D eigenvalue weighted by atomic mass is 16.2. The highest BCUT2D eigenvalue weighted by molar-refractivity contribution is 5.97. The molecule has 1 fully saturated rings. The summed E-state index contributed by atoms with van der Waals surface area (Å²) in [4.78, 5) is 36.5. The summed E-state index contributed by atoms with van der Waals surface area (Å²) >= 11 is 0. The zero-order valence-corrected chi connectivity index (χ0v) is 14.8. The van der Waals surface area contributed by atoms with Crippen LogP contribution in [0.4, 0.5) is 0 Å². The van der Waals surface area contributed by atoms with E-state index in [9.17, 15) is 9.59 Å². The van der Waals surface area contributed by atoms with Gasteiger partial charge in [-0.15, -0.1) is 0 Å². The molecular weight excluding hydrogens is 330 g/mol. The lowest BCUT2D eigenvalue weighted by molar-refractivity contribution is -0.124. The number of primary amides is 1. The molecule has 0 spiro atoms. The Labute approximate surface area is 152 Å². The van der Waals surface area contributed by atoms with Gasteiger partial charge in [0.05, 0.1) is 5.56 Å². The lowest BCUT2D eigenvalue weighted by Crippen LogP contribution is -2.60. The van der Waals surface area contributed by atoms with E-state index in [0.717, 1.165) is 13.0 Å². The molecule has 1 aromatic carbocycles. The maximum absolute atomic E-state index is 12.7. The van der Waals surface area contributed by atoms with Crippen molar-refractivity contribution >= 4 is 11.8 Å². The third-order valence-electron chi connectivity index (χ3n) is 4.64. The number of rotatable bonds is 5. The Hall–Kier alpha value is -2.80. The zero-order chi connectivity index (χ0) is 18.5. The molecule has 1 aliphatic heterocycles. The molecule has 7 heteroatoms. The molecule has 0 saturated carbocycles. The normalized spacial score (nSPS) is 17.9. The van der Waals surface area contributed by atoms with Gasteiger partial charge in [-0.1, -0.05) is 30.3 Å². The predicted octanol–water partition coefficient (Wildman–Crippen LogP) is 0.639. The van der Waals surface area contributed by atoms with Crippen LogP contribution < -0.4 is 5.73 Å². The van der Waals surface area contributed by atoms with Crippen molar-refractivity contribution in [3.63, 3.8) is 0 Å². The van der Waals surface area contributed by atoms with Crippen LogP contribution in [0.3, 0.4) is 0 Å². The minimum atomic E-state index is -0.645. The third kappa shape index (κ3) is 4.23. The van der Waals surface area contributed by atoms with Gasteiger partial charge in [-0.05, 0) is 18.9 Å². The van der Waals surface area contributed by atoms with Crippen molar-refractivity contribution in [2.45, 2.75) is 19.4 Å². The van der Waals surface area contributed by atoms with Crippen LogP contribution in [0.1, 0.15) is 21.7 Å². The summed E-state index contributed by atoms with van der Waals surface area (Å²) in [5.74, 6) is -0.147. The van der Waals surface area contributed by atoms with E-state index in [2.05, 4.69) is 27.0 Å². The van der Waals surface area contributed by atoms with Crippen molar-refractivity contribution < 1.29 is 9.59 Å². The van der Waals surface area contributed by atoms with E-state index >= 15 is 0 Å². The van der Waals surface area contributed by atoms with Crippen LogP contribution >= 0.6 is 0 Å². The van der Waals surface area contributed by atoms with Crippen molar-refractivity contribution in [1.82, 2.24) is 19.8 Å². The Morgan fingerprint density at radius 1 is 1.15 bits per heavy atom. The zero-order valence-electron chi connectivity index (χ0n) is 14.8. The average Bonchev–Trinajstić information content (AvgIpc) is 2.67. The molecular formula is C19H23N5O2. The second-order valence-corrected chi connectivity index (χ2v) is 6.47. The fourth-order valence-electron chi connectivity index (χ4n) is 3.13. The number of benzene rings is 1. The fraction of sp³-hybridized carbons (Fsp3) is 0.368. The Bertz CT molecular complexity index is 763. The number of hydrogen-bond acceptors (Lipinski definition) is 5. The van der Waals surface area contributed by atoms with Crippen LogP contribution in [-0.4, -0.2) is 63.8 Å². The highest BCUT2D eigenvalue weighted by Gasteiger charge is 2.34. The molecule has 2 N–H and O–H groups in total. The van der Waals surface area contributed by atoms with Crippen LogP contribution in [0.2, 0.25) is 0 Å². The van der Waals surface area contributed by atoms with E-state index in [4.69, 9.17) is 5.73 Å². The van der Waals surface area contributed by atoms with Gasteiger partial charge in [0.15, 0.2) is 0 Å². The molecule has 2 amide bonds. The molecule has 7 nitrogen and oxygen atoms in total. The Morgan fingerprint density at radius 2 is 1.85 bits per heavy atom. The summed E-state index contributed by atoms with van der Waals surface area (Å²) in [6, 6.07) is 9.55. The smallest absolute Gasteiger partial charge is 0.257 e. The molecule has 2 heterocycles. The Kier molecular flexibility index (Phi) is 5.58. The maximum Gasteiger partial charge on any atom is 0.257 e. The third-order valence-corrected chi connectivity index (χ3v) is 4.64. The molecule has 0 radical (unpaired) electrons. The quantitative estimate of drug-likeness (QED) is 0.851. The van der Waals surface area contributed by atoms with Crippen molar-refractivity contribution in [2.75, 3.05) is 26.2 Å². The average molecular weight is 353 g/mol. The van der Waals surface area contributed by atoms with Crippen molar-refractivity contribution in [3.8, 4) is 0 Å². The van der Waals surface area contributed by atoms with Gasteiger partial charge in [0.1, 0.15) is 11.9 Å². The lowest BCUT2D eigenvalue weighted by atomic mass is 10.1. The van der Waals surface area contributed by atoms with Gasteiger partial charge in [-0.2, -0.15) is 0 Å². The maximum atomic E-state index is 12.7. The van der Waals surface area contributed by atoms with Crippen molar-refractivity contribution in [1.29, 1.82) is 0 Å². The number of piperazine rings is 1. The fourth-order valence-corrected chi connectivity index (χ4v) is 3.13. The summed E-state index contributed by atoms with van der Waals surface area (Å²) in [7, 11) is 0. The van der Waals surface area contributed by atoms with Crippen LogP contribution in [0.5, 0.6) is 0 Å². The first kappa shape index (κ1) is 18.0. The van der Waals surface area contributed by atoms with Gasteiger partial charge >= 0.3 is 0 Å². The minimum Gasteiger partial charge on any atom is -0.368 e. The second-order valence-electron chi connectivity index (χ2n) is 6.47. The van der Waals surface area contributed by atoms with Crippen LogP contribution in [0, 0.1) is 6.92 Å². The first-order chi connectivity index (χ1) is 12.5. The number of nitrogens with two attached hydrogens (primary N) is 1. The number of hydrogen-bond donors (Lipinski definition) is 1. The summed E-state index contributed by atoms with van der Waals surface area (Å²) in [5, 5.41) is 0. The molecule has 1 aliphatic rings. The van der Waals surface area contributed by atoms with Gasteiger partial charge in [0.25, 0.3) is 5.91 Å². The minimum absolute atomic E-state index is 0.253. The van der Waals surface area contributed by atoms with E-state index in [0.29, 0.717) is 31.0 Å². The van der Waals surface area contributed by atoms with Gasteiger partial charge < -0.3 is 10.6 Å². The van der Waals surface area contributed by atoms with Crippen LogP contribution in [0.25, 0.3) is 0 Å². The van der Waals surface area contributed by atoms with Gasteiger partial charge in [0, 0.05) is 38.6 Å². The van der Waals surface area contributed by atoms with Crippen molar-refractivity contribution in [2.24, 2.45) is 5.73 Å². The molecule has 26 heavy (non-hydrogen) atoms. The van der Waals surface area contributed by atoms with E-state index in [1.54, 1.807) is 6.92 Å². The van der Waals surface area contributed by atoms with E-state index in [1.807, 2.05) is 18.2 Å². The van der Waals surface area contributed by atoms with Gasteiger partial charge in [-0.3, -0.25) is 14.5 Å². The topological polar surface area (TPSA) is 92.4 Å². The number of aromatic nitrogens is 2. The molecule has 3 rings (SSSR count). The predicted molar refractivity (Wildman–Crippen MR) is 97.4 cm³/mol. The van der Waals surface area contributed by atoms with Crippen molar-refractivity contribution in [3.05, 3.63) is 59.7 Å². The van der Waals surface area contributed by atoms with Gasteiger partial charge in [-0.25, -0.2) is 9.97 Å². The standard InChI is InChI=1S/C19H23N5O2/c1-14-21-11-16(12-22-14)19(26)24-10-9-23(13-17(24)18(20)25)8-7-15-5-3-2-4-6-15/h2-6,11-12,17H,7-10,13H2,1H3,(H2,20,25). The second kappa shape index (κ2) is 8.05. The number of aryl methyl sites for hydroxylation is 1. The molecule has 1 atom stereocenters. The summed E-state index contributed by atoms with van der Waals surface area (Å²) in [6.45, 7) is 4.18. The largest absolute Gasteiger partial charge is 0.368 e. The Balaban J connectivity index is 1.65. The van der Waals surface area contributed by atoms with E-state index in [1.165, 1.54) is 22.9 Å². The van der Waals surface area contributed by atoms with Crippen LogP contribution in [0.15, 0.2) is 42.7 Å². The monoisotopic (exact) mass is 353 g/mol. The SMILES string of the molecule is Cc1ncc(C(=O)N2CCN(CCc3ccccc3)CC2C(N)=O)cn1. The van der Waals surface area contributed by atoms with E-state index < -0.39 is 11.9 Å². The highest BCUT2D eigenvalue weighted by Crippen LogP contribution is 2.14. The number of amides is 2. The summed E-state index contributed by atoms with van der Waals surface area (Å²) < 4.78 is 0. The molecule has 1 unspecified atom stereocenters. The molecule has 1 saturated heterocycles. The van der Waals surface area contributed by atoms with Crippen LogP contribution in [-0.2, 0) is 11.2 Å². The molecule has 0 aliphatic carbocycles. The number of carbonyl (C=O) groups excluding carboxylic acids is 2. The first-order valence-corrected chi connectivity index (χ1v) is 8.70. The summed E-state index contributed by atoms with van der Waals surface area (Å²) in [5.41, 5.74) is 7.20. The first-order valence-electron chi connectivity index (χ1n) is 8.70. The molecule has 1 aromatic heterocycles. The number of nitrogens with zero attached hydrogens (tertiary/aromatic N) is 4.